The second kappa shape index (κ2) is 7.76. The molecule has 0 bridgehead atoms. The lowest BCUT2D eigenvalue weighted by molar-refractivity contribution is -0.120. The summed E-state index contributed by atoms with van der Waals surface area (Å²) in [4.78, 5) is 13.3. The Morgan fingerprint density at radius 2 is 2.14 bits per heavy atom. The topological polar surface area (TPSA) is 44.4 Å². The van der Waals surface area contributed by atoms with Crippen molar-refractivity contribution < 1.29 is 4.79 Å². The third-order valence-corrected chi connectivity index (χ3v) is 2.47. The van der Waals surface area contributed by atoms with Crippen molar-refractivity contribution in [1.82, 2.24) is 15.5 Å². The smallest absolute Gasteiger partial charge is 0.233 e. The van der Waals surface area contributed by atoms with Gasteiger partial charge in [0.05, 0.1) is 6.54 Å². The lowest BCUT2D eigenvalue weighted by atomic mass is 10.2. The maximum Gasteiger partial charge on any atom is 0.233 e. The van der Waals surface area contributed by atoms with Gasteiger partial charge in [-0.25, -0.2) is 0 Å². The molecule has 2 N–H and O–H groups in total. The minimum absolute atomic E-state index is 0.0602. The highest BCUT2D eigenvalue weighted by atomic mass is 16.1. The molecule has 0 rings (SSSR count). The summed E-state index contributed by atoms with van der Waals surface area (Å²) in [7, 11) is 3.85. The standard InChI is InChI=1S/C10H23N3O/c1-5-9(2)13(4)7-6-12-10(14)8-11-3/h9,11H,5-8H2,1-4H3,(H,12,14). The average Bonchev–Trinajstić information content (AvgIpc) is 2.16. The molecule has 4 nitrogen and oxygen atoms in total. The molecule has 0 saturated carbocycles. The van der Waals surface area contributed by atoms with Gasteiger partial charge in [-0.15, -0.1) is 0 Å². The molecule has 0 aromatic carbocycles. The number of carbonyl (C=O) groups is 1. The van der Waals surface area contributed by atoms with E-state index in [0.29, 0.717) is 12.6 Å². The molecule has 0 radical (unpaired) electrons. The number of hydrogen-bond donors (Lipinski definition) is 2. The van der Waals surface area contributed by atoms with Crippen LogP contribution in [0.2, 0.25) is 0 Å². The van der Waals surface area contributed by atoms with E-state index in [-0.39, 0.29) is 5.91 Å². The van der Waals surface area contributed by atoms with Crippen LogP contribution >= 0.6 is 0 Å². The van der Waals surface area contributed by atoms with Crippen molar-refractivity contribution in [1.29, 1.82) is 0 Å². The molecule has 0 heterocycles. The molecule has 84 valence electrons. The minimum atomic E-state index is 0.0602. The van der Waals surface area contributed by atoms with E-state index in [1.165, 1.54) is 0 Å². The maximum absolute atomic E-state index is 11.1. The molecule has 0 aromatic heterocycles. The van der Waals surface area contributed by atoms with E-state index in [2.05, 4.69) is 36.4 Å². The maximum atomic E-state index is 11.1. The molecule has 0 spiro atoms. The second-order valence-corrected chi connectivity index (χ2v) is 3.62. The summed E-state index contributed by atoms with van der Waals surface area (Å²) >= 11 is 0. The van der Waals surface area contributed by atoms with Crippen LogP contribution in [0.25, 0.3) is 0 Å². The number of amides is 1. The van der Waals surface area contributed by atoms with E-state index >= 15 is 0 Å². The van der Waals surface area contributed by atoms with E-state index < -0.39 is 0 Å². The van der Waals surface area contributed by atoms with Crippen molar-refractivity contribution in [3.8, 4) is 0 Å². The number of carbonyl (C=O) groups excluding carboxylic acids is 1. The lowest BCUT2D eigenvalue weighted by Crippen LogP contribution is -2.39. The van der Waals surface area contributed by atoms with Gasteiger partial charge in [-0.3, -0.25) is 4.79 Å². The molecular formula is C10H23N3O. The predicted molar refractivity (Wildman–Crippen MR) is 59.3 cm³/mol. The molecule has 0 aliphatic heterocycles. The van der Waals surface area contributed by atoms with Crippen LogP contribution in [0, 0.1) is 0 Å². The molecule has 1 unspecified atom stereocenters. The molecule has 1 amide bonds. The fourth-order valence-corrected chi connectivity index (χ4v) is 1.13. The van der Waals surface area contributed by atoms with Crippen LogP contribution in [0.15, 0.2) is 0 Å². The summed E-state index contributed by atoms with van der Waals surface area (Å²) in [5.74, 6) is 0.0602. The van der Waals surface area contributed by atoms with Crippen molar-refractivity contribution in [2.45, 2.75) is 26.3 Å². The SMILES string of the molecule is CCC(C)N(C)CCNC(=O)CNC. The first-order valence-electron chi connectivity index (χ1n) is 5.23. The Kier molecular flexibility index (Phi) is 7.42. The van der Waals surface area contributed by atoms with Crippen molar-refractivity contribution in [3.63, 3.8) is 0 Å². The van der Waals surface area contributed by atoms with Gasteiger partial charge in [0.1, 0.15) is 0 Å². The Morgan fingerprint density at radius 1 is 1.50 bits per heavy atom. The zero-order valence-corrected chi connectivity index (χ0v) is 9.76. The van der Waals surface area contributed by atoms with Gasteiger partial charge in [0.2, 0.25) is 5.91 Å². The van der Waals surface area contributed by atoms with Gasteiger partial charge < -0.3 is 15.5 Å². The zero-order chi connectivity index (χ0) is 11.0. The highest BCUT2D eigenvalue weighted by molar-refractivity contribution is 5.77. The van der Waals surface area contributed by atoms with Crippen LogP contribution in [-0.2, 0) is 4.79 Å². The van der Waals surface area contributed by atoms with E-state index in [0.717, 1.165) is 19.5 Å². The zero-order valence-electron chi connectivity index (χ0n) is 9.76. The highest BCUT2D eigenvalue weighted by Crippen LogP contribution is 1.97. The van der Waals surface area contributed by atoms with Gasteiger partial charge in [-0.2, -0.15) is 0 Å². The molecule has 0 fully saturated rings. The monoisotopic (exact) mass is 201 g/mol. The van der Waals surface area contributed by atoms with Crippen LogP contribution in [0.4, 0.5) is 0 Å². The van der Waals surface area contributed by atoms with Gasteiger partial charge in [0.25, 0.3) is 0 Å². The van der Waals surface area contributed by atoms with Gasteiger partial charge in [0, 0.05) is 19.1 Å². The fraction of sp³-hybridized carbons (Fsp3) is 0.900. The summed E-state index contributed by atoms with van der Waals surface area (Å²) in [5.41, 5.74) is 0. The third kappa shape index (κ3) is 5.94. The lowest BCUT2D eigenvalue weighted by Gasteiger charge is -2.23. The molecule has 1 atom stereocenters. The van der Waals surface area contributed by atoms with Gasteiger partial charge in [-0.1, -0.05) is 6.92 Å². The Morgan fingerprint density at radius 3 is 2.64 bits per heavy atom. The van der Waals surface area contributed by atoms with E-state index in [1.807, 2.05) is 0 Å². The second-order valence-electron chi connectivity index (χ2n) is 3.62. The van der Waals surface area contributed by atoms with E-state index in [1.54, 1.807) is 7.05 Å². The molecule has 14 heavy (non-hydrogen) atoms. The van der Waals surface area contributed by atoms with Crippen molar-refractivity contribution in [2.24, 2.45) is 0 Å². The first-order valence-corrected chi connectivity index (χ1v) is 5.23. The molecule has 0 saturated heterocycles. The van der Waals surface area contributed by atoms with Crippen molar-refractivity contribution in [3.05, 3.63) is 0 Å². The summed E-state index contributed by atoms with van der Waals surface area (Å²) < 4.78 is 0. The summed E-state index contributed by atoms with van der Waals surface area (Å²) in [6.45, 7) is 6.38. The number of rotatable bonds is 7. The first kappa shape index (κ1) is 13.4. The fourth-order valence-electron chi connectivity index (χ4n) is 1.13. The molecule has 0 aromatic rings. The van der Waals surface area contributed by atoms with Crippen LogP contribution in [0.3, 0.4) is 0 Å². The van der Waals surface area contributed by atoms with Crippen LogP contribution in [0.1, 0.15) is 20.3 Å². The quantitative estimate of drug-likeness (QED) is 0.612. The van der Waals surface area contributed by atoms with Crippen LogP contribution in [0.5, 0.6) is 0 Å². The van der Waals surface area contributed by atoms with Gasteiger partial charge in [-0.05, 0) is 27.4 Å². The van der Waals surface area contributed by atoms with Crippen LogP contribution in [-0.4, -0.2) is 50.6 Å². The van der Waals surface area contributed by atoms with Gasteiger partial charge in [0.15, 0.2) is 0 Å². The molecule has 4 heteroatoms. The number of nitrogens with zero attached hydrogens (tertiary/aromatic N) is 1. The Balaban J connectivity index is 3.48. The summed E-state index contributed by atoms with van der Waals surface area (Å²) in [5, 5.41) is 5.66. The molecule has 0 aliphatic rings. The highest BCUT2D eigenvalue weighted by Gasteiger charge is 2.06. The summed E-state index contributed by atoms with van der Waals surface area (Å²) in [6.07, 6.45) is 1.14. The number of likely N-dealkylation sites (N-methyl/N-ethyl adjacent to an activating group) is 2. The number of hydrogen-bond acceptors (Lipinski definition) is 3. The third-order valence-electron chi connectivity index (χ3n) is 2.47. The average molecular weight is 201 g/mol. The van der Waals surface area contributed by atoms with E-state index in [4.69, 9.17) is 0 Å². The van der Waals surface area contributed by atoms with Crippen molar-refractivity contribution in [2.75, 3.05) is 33.7 Å². The Labute approximate surface area is 87.0 Å². The molecular weight excluding hydrogens is 178 g/mol. The normalized spacial score (nSPS) is 12.9. The number of nitrogens with one attached hydrogen (secondary N) is 2. The largest absolute Gasteiger partial charge is 0.354 e. The van der Waals surface area contributed by atoms with Crippen LogP contribution < -0.4 is 10.6 Å². The minimum Gasteiger partial charge on any atom is -0.354 e. The van der Waals surface area contributed by atoms with Crippen molar-refractivity contribution >= 4 is 5.91 Å². The van der Waals surface area contributed by atoms with Gasteiger partial charge >= 0.3 is 0 Å². The predicted octanol–water partition coefficient (Wildman–Crippen LogP) is 0.0523. The van der Waals surface area contributed by atoms with E-state index in [9.17, 15) is 4.79 Å². The molecule has 0 aliphatic carbocycles. The Bertz CT molecular complexity index is 161. The summed E-state index contributed by atoms with van der Waals surface area (Å²) in [6, 6.07) is 0.580. The first-order chi connectivity index (χ1) is 6.61. The Hall–Kier alpha value is -0.610.